The summed E-state index contributed by atoms with van der Waals surface area (Å²) in [7, 11) is 0. The maximum atomic E-state index is 10.7. The Bertz CT molecular complexity index is 291. The number of carbonyl (C=O) groups is 1. The van der Waals surface area contributed by atoms with E-state index in [1.54, 1.807) is 0 Å². The van der Waals surface area contributed by atoms with Crippen LogP contribution >= 0.6 is 0 Å². The van der Waals surface area contributed by atoms with Gasteiger partial charge in [-0.3, -0.25) is 4.79 Å². The molecule has 4 saturated carbocycles. The van der Waals surface area contributed by atoms with Crippen LogP contribution in [0.25, 0.3) is 0 Å². The van der Waals surface area contributed by atoms with Crippen LogP contribution in [0, 0.1) is 23.2 Å². The van der Waals surface area contributed by atoms with E-state index in [-0.39, 0.29) is 12.5 Å². The minimum atomic E-state index is -0.704. The Morgan fingerprint density at radius 2 is 1.65 bits per heavy atom. The molecule has 4 fully saturated rings. The van der Waals surface area contributed by atoms with Crippen LogP contribution in [0.1, 0.15) is 51.4 Å². The summed E-state index contributed by atoms with van der Waals surface area (Å²) >= 11 is 0. The molecule has 0 heterocycles. The van der Waals surface area contributed by atoms with Crippen molar-refractivity contribution in [2.75, 3.05) is 0 Å². The normalized spacial score (nSPS) is 44.9. The monoisotopic (exact) mass is 237 g/mol. The molecule has 4 aliphatic rings. The maximum absolute atomic E-state index is 10.7. The lowest BCUT2D eigenvalue weighted by Crippen LogP contribution is -2.54. The van der Waals surface area contributed by atoms with E-state index in [9.17, 15) is 4.79 Å². The van der Waals surface area contributed by atoms with Gasteiger partial charge in [-0.1, -0.05) is 0 Å². The van der Waals surface area contributed by atoms with Crippen molar-refractivity contribution in [3.05, 3.63) is 0 Å². The van der Waals surface area contributed by atoms with E-state index in [1.807, 2.05) is 0 Å². The Morgan fingerprint density at radius 1 is 1.18 bits per heavy atom. The SMILES string of the molecule is N[C@@H](CCC(=O)O)C12CC3CC(CC(C3)C1)C2. The van der Waals surface area contributed by atoms with Crippen molar-refractivity contribution in [1.82, 2.24) is 0 Å². The van der Waals surface area contributed by atoms with Gasteiger partial charge in [-0.2, -0.15) is 0 Å². The number of hydrogen-bond donors (Lipinski definition) is 2. The van der Waals surface area contributed by atoms with Crippen molar-refractivity contribution in [2.24, 2.45) is 28.9 Å². The molecule has 4 aliphatic carbocycles. The number of aliphatic carboxylic acids is 1. The Morgan fingerprint density at radius 3 is 2.06 bits per heavy atom. The Kier molecular flexibility index (Phi) is 2.69. The minimum Gasteiger partial charge on any atom is -0.481 e. The molecule has 0 radical (unpaired) electrons. The standard InChI is InChI=1S/C14H23NO2/c15-12(1-2-13(16)17)14-6-9-3-10(7-14)5-11(4-9)8-14/h9-12H,1-8,15H2,(H,16,17)/t9?,10?,11?,12-,14?/m0/s1. The zero-order valence-electron chi connectivity index (χ0n) is 10.4. The summed E-state index contributed by atoms with van der Waals surface area (Å²) < 4.78 is 0. The zero-order valence-corrected chi connectivity index (χ0v) is 10.4. The molecular formula is C14H23NO2. The number of hydrogen-bond acceptors (Lipinski definition) is 2. The molecule has 3 nitrogen and oxygen atoms in total. The van der Waals surface area contributed by atoms with Gasteiger partial charge in [0.05, 0.1) is 0 Å². The number of rotatable bonds is 4. The first-order valence-corrected chi connectivity index (χ1v) is 7.05. The molecule has 1 atom stereocenters. The first-order chi connectivity index (χ1) is 8.07. The van der Waals surface area contributed by atoms with Gasteiger partial charge in [-0.25, -0.2) is 0 Å². The molecule has 0 aliphatic heterocycles. The molecule has 0 unspecified atom stereocenters. The van der Waals surface area contributed by atoms with Crippen LogP contribution in [0.4, 0.5) is 0 Å². The van der Waals surface area contributed by atoms with E-state index in [0.29, 0.717) is 11.8 Å². The summed E-state index contributed by atoms with van der Waals surface area (Å²) in [6, 6.07) is 0.118. The quantitative estimate of drug-likeness (QED) is 0.789. The van der Waals surface area contributed by atoms with Gasteiger partial charge in [0, 0.05) is 12.5 Å². The van der Waals surface area contributed by atoms with Gasteiger partial charge in [0.15, 0.2) is 0 Å². The number of carboxylic acid groups (broad SMARTS) is 1. The van der Waals surface area contributed by atoms with Gasteiger partial charge in [0.2, 0.25) is 0 Å². The molecule has 0 spiro atoms. The van der Waals surface area contributed by atoms with Gasteiger partial charge >= 0.3 is 5.97 Å². The van der Waals surface area contributed by atoms with Gasteiger partial charge in [0.1, 0.15) is 0 Å². The summed E-state index contributed by atoms with van der Waals surface area (Å²) in [5, 5.41) is 8.79. The van der Waals surface area contributed by atoms with Crippen LogP contribution < -0.4 is 5.73 Å². The highest BCUT2D eigenvalue weighted by Gasteiger charge is 2.53. The molecule has 0 amide bonds. The van der Waals surface area contributed by atoms with Crippen molar-refractivity contribution in [2.45, 2.75) is 57.4 Å². The van der Waals surface area contributed by atoms with E-state index in [1.165, 1.54) is 38.5 Å². The average Bonchev–Trinajstić information content (AvgIpc) is 2.23. The molecule has 3 N–H and O–H groups in total. The van der Waals surface area contributed by atoms with Crippen LogP contribution in [-0.2, 0) is 4.79 Å². The highest BCUT2D eigenvalue weighted by atomic mass is 16.4. The van der Waals surface area contributed by atoms with Crippen molar-refractivity contribution < 1.29 is 9.90 Å². The van der Waals surface area contributed by atoms with E-state index in [2.05, 4.69) is 0 Å². The summed E-state index contributed by atoms with van der Waals surface area (Å²) in [6.45, 7) is 0. The van der Waals surface area contributed by atoms with Crippen molar-refractivity contribution in [3.8, 4) is 0 Å². The third kappa shape index (κ3) is 1.99. The molecule has 96 valence electrons. The topological polar surface area (TPSA) is 63.3 Å². The van der Waals surface area contributed by atoms with E-state index >= 15 is 0 Å². The van der Waals surface area contributed by atoms with Gasteiger partial charge in [-0.15, -0.1) is 0 Å². The predicted molar refractivity (Wildman–Crippen MR) is 65.5 cm³/mol. The Balaban J connectivity index is 1.70. The third-order valence-corrected chi connectivity index (χ3v) is 5.54. The van der Waals surface area contributed by atoms with Crippen LogP contribution in [-0.4, -0.2) is 17.1 Å². The Labute approximate surface area is 103 Å². The van der Waals surface area contributed by atoms with Crippen molar-refractivity contribution in [1.29, 1.82) is 0 Å². The third-order valence-electron chi connectivity index (χ3n) is 5.54. The molecule has 3 heteroatoms. The second kappa shape index (κ2) is 3.98. The fourth-order valence-corrected chi connectivity index (χ4v) is 5.22. The van der Waals surface area contributed by atoms with E-state index < -0.39 is 5.97 Å². The van der Waals surface area contributed by atoms with Gasteiger partial charge in [0.25, 0.3) is 0 Å². The average molecular weight is 237 g/mol. The van der Waals surface area contributed by atoms with E-state index in [0.717, 1.165) is 17.8 Å². The highest BCUT2D eigenvalue weighted by molar-refractivity contribution is 5.66. The second-order valence-corrected chi connectivity index (χ2v) is 6.82. The zero-order chi connectivity index (χ0) is 12.0. The molecule has 0 aromatic rings. The lowest BCUT2D eigenvalue weighted by Gasteiger charge is -2.59. The van der Waals surface area contributed by atoms with Crippen LogP contribution in [0.3, 0.4) is 0 Å². The summed E-state index contributed by atoms with van der Waals surface area (Å²) in [6.07, 6.45) is 9.00. The van der Waals surface area contributed by atoms with Crippen LogP contribution in [0.2, 0.25) is 0 Å². The minimum absolute atomic E-state index is 0.118. The van der Waals surface area contributed by atoms with Gasteiger partial charge in [-0.05, 0) is 68.1 Å². The Hall–Kier alpha value is -0.570. The lowest BCUT2D eigenvalue weighted by atomic mass is 9.47. The molecule has 4 bridgehead atoms. The summed E-state index contributed by atoms with van der Waals surface area (Å²) in [4.78, 5) is 10.7. The summed E-state index contributed by atoms with van der Waals surface area (Å²) in [5.41, 5.74) is 6.67. The molecule has 4 rings (SSSR count). The van der Waals surface area contributed by atoms with Crippen LogP contribution in [0.15, 0.2) is 0 Å². The number of nitrogens with two attached hydrogens (primary N) is 1. The molecule has 0 aromatic heterocycles. The first-order valence-electron chi connectivity index (χ1n) is 7.05. The first kappa shape index (κ1) is 11.5. The van der Waals surface area contributed by atoms with Crippen LogP contribution in [0.5, 0.6) is 0 Å². The predicted octanol–water partition coefficient (Wildman–Crippen LogP) is 2.39. The molecule has 0 aromatic carbocycles. The van der Waals surface area contributed by atoms with E-state index in [4.69, 9.17) is 10.8 Å². The molecule has 17 heavy (non-hydrogen) atoms. The van der Waals surface area contributed by atoms with Crippen molar-refractivity contribution >= 4 is 5.97 Å². The smallest absolute Gasteiger partial charge is 0.303 e. The lowest BCUT2D eigenvalue weighted by molar-refractivity contribution is -0.137. The second-order valence-electron chi connectivity index (χ2n) is 6.82. The molecule has 0 saturated heterocycles. The highest BCUT2D eigenvalue weighted by Crippen LogP contribution is 2.61. The summed E-state index contributed by atoms with van der Waals surface area (Å²) in [5.74, 6) is 2.00. The van der Waals surface area contributed by atoms with Crippen molar-refractivity contribution in [3.63, 3.8) is 0 Å². The fourth-order valence-electron chi connectivity index (χ4n) is 5.22. The molecular weight excluding hydrogens is 214 g/mol. The largest absolute Gasteiger partial charge is 0.481 e. The maximum Gasteiger partial charge on any atom is 0.303 e. The van der Waals surface area contributed by atoms with Gasteiger partial charge < -0.3 is 10.8 Å². The fraction of sp³-hybridized carbons (Fsp3) is 0.929. The number of carboxylic acids is 1.